The fourth-order valence-electron chi connectivity index (χ4n) is 4.66. The maximum Gasteiger partial charge on any atom is 0.335 e. The normalized spacial score (nSPS) is 14.4. The molecule has 1 aliphatic carbocycles. The Balaban J connectivity index is 1.51. The highest BCUT2D eigenvalue weighted by Gasteiger charge is 2.32. The van der Waals surface area contributed by atoms with Crippen molar-refractivity contribution in [2.24, 2.45) is 0 Å². The summed E-state index contributed by atoms with van der Waals surface area (Å²) in [6.45, 7) is 1.53. The molecule has 4 rings (SSSR count). The first kappa shape index (κ1) is 25.8. The minimum atomic E-state index is -1.04. The Morgan fingerprint density at radius 3 is 2.57 bits per heavy atom. The summed E-state index contributed by atoms with van der Waals surface area (Å²) in [6.07, 6.45) is 2.43. The second-order valence-corrected chi connectivity index (χ2v) is 8.79. The van der Waals surface area contributed by atoms with Gasteiger partial charge in [-0.25, -0.2) is 23.5 Å². The SMILES string of the molecule is Cc1c(C(=O)O)ccc2c1CC[C@@H]2N(CC(=O)O)Cc1cc(C(=O)NCc2ccc(F)c(F)c2)ncn1. The quantitative estimate of drug-likeness (QED) is 0.400. The van der Waals surface area contributed by atoms with Crippen LogP contribution in [0.1, 0.15) is 61.3 Å². The molecular formula is C26H24F2N4O5. The van der Waals surface area contributed by atoms with Gasteiger partial charge < -0.3 is 15.5 Å². The Labute approximate surface area is 210 Å². The van der Waals surface area contributed by atoms with E-state index in [1.165, 1.54) is 24.5 Å². The first-order valence-corrected chi connectivity index (χ1v) is 11.5. The highest BCUT2D eigenvalue weighted by atomic mass is 19.2. The van der Waals surface area contributed by atoms with Crippen LogP contribution in [0, 0.1) is 18.6 Å². The van der Waals surface area contributed by atoms with Crippen molar-refractivity contribution >= 4 is 17.8 Å². The van der Waals surface area contributed by atoms with E-state index in [0.717, 1.165) is 23.3 Å². The van der Waals surface area contributed by atoms with Gasteiger partial charge in [0.2, 0.25) is 0 Å². The number of aromatic nitrogens is 2. The molecule has 1 aromatic heterocycles. The van der Waals surface area contributed by atoms with Gasteiger partial charge >= 0.3 is 11.9 Å². The summed E-state index contributed by atoms with van der Waals surface area (Å²) < 4.78 is 26.5. The molecule has 0 saturated carbocycles. The highest BCUT2D eigenvalue weighted by Crippen LogP contribution is 2.39. The van der Waals surface area contributed by atoms with Gasteiger partial charge in [-0.2, -0.15) is 0 Å². The van der Waals surface area contributed by atoms with Crippen LogP contribution in [0.25, 0.3) is 0 Å². The van der Waals surface area contributed by atoms with Crippen molar-refractivity contribution in [2.75, 3.05) is 6.54 Å². The van der Waals surface area contributed by atoms with Gasteiger partial charge in [-0.05, 0) is 66.3 Å². The van der Waals surface area contributed by atoms with Crippen molar-refractivity contribution in [3.05, 3.63) is 93.6 Å². The number of amides is 1. The Hall–Kier alpha value is -4.25. The van der Waals surface area contributed by atoms with E-state index in [1.54, 1.807) is 17.9 Å². The number of fused-ring (bicyclic) bond motifs is 1. The smallest absolute Gasteiger partial charge is 0.335 e. The second-order valence-electron chi connectivity index (χ2n) is 8.79. The fraction of sp³-hybridized carbons (Fsp3) is 0.269. The third kappa shape index (κ3) is 5.78. The third-order valence-corrected chi connectivity index (χ3v) is 6.43. The van der Waals surface area contributed by atoms with Gasteiger partial charge in [0.25, 0.3) is 5.91 Å². The summed E-state index contributed by atoms with van der Waals surface area (Å²) in [5.74, 6) is -4.60. The number of hydrogen-bond donors (Lipinski definition) is 3. The number of carbonyl (C=O) groups is 3. The Morgan fingerprint density at radius 2 is 1.86 bits per heavy atom. The monoisotopic (exact) mass is 510 g/mol. The van der Waals surface area contributed by atoms with Crippen molar-refractivity contribution in [1.82, 2.24) is 20.2 Å². The molecule has 0 aliphatic heterocycles. The summed E-state index contributed by atoms with van der Waals surface area (Å²) in [5.41, 5.74) is 3.50. The van der Waals surface area contributed by atoms with E-state index in [9.17, 15) is 33.4 Å². The predicted octanol–water partition coefficient (Wildman–Crippen LogP) is 3.27. The number of aliphatic carboxylic acids is 1. The predicted molar refractivity (Wildman–Crippen MR) is 127 cm³/mol. The van der Waals surface area contributed by atoms with E-state index < -0.39 is 29.5 Å². The lowest BCUT2D eigenvalue weighted by molar-refractivity contribution is -0.139. The van der Waals surface area contributed by atoms with Crippen molar-refractivity contribution in [2.45, 2.75) is 38.9 Å². The molecule has 9 nitrogen and oxygen atoms in total. The average molecular weight is 510 g/mol. The second kappa shape index (κ2) is 10.8. The lowest BCUT2D eigenvalue weighted by atomic mass is 9.97. The molecule has 37 heavy (non-hydrogen) atoms. The van der Waals surface area contributed by atoms with E-state index in [4.69, 9.17) is 0 Å². The van der Waals surface area contributed by atoms with Crippen molar-refractivity contribution in [3.8, 4) is 0 Å². The zero-order chi connectivity index (χ0) is 26.7. The summed E-state index contributed by atoms with van der Waals surface area (Å²) in [7, 11) is 0. The zero-order valence-corrected chi connectivity index (χ0v) is 19.9. The molecule has 0 spiro atoms. The minimum Gasteiger partial charge on any atom is -0.480 e. The van der Waals surface area contributed by atoms with Crippen LogP contribution < -0.4 is 5.32 Å². The van der Waals surface area contributed by atoms with Gasteiger partial charge in [-0.15, -0.1) is 0 Å². The molecule has 3 N–H and O–H groups in total. The van der Waals surface area contributed by atoms with Gasteiger partial charge in [0.05, 0.1) is 17.8 Å². The molecule has 1 atom stereocenters. The van der Waals surface area contributed by atoms with Crippen LogP contribution in [-0.4, -0.2) is 49.5 Å². The highest BCUT2D eigenvalue weighted by molar-refractivity contribution is 5.92. The minimum absolute atomic E-state index is 0.0385. The molecule has 192 valence electrons. The molecule has 0 radical (unpaired) electrons. The van der Waals surface area contributed by atoms with Gasteiger partial charge in [0, 0.05) is 19.1 Å². The Morgan fingerprint density at radius 1 is 1.08 bits per heavy atom. The van der Waals surface area contributed by atoms with Crippen molar-refractivity contribution in [1.29, 1.82) is 0 Å². The zero-order valence-electron chi connectivity index (χ0n) is 19.9. The summed E-state index contributed by atoms with van der Waals surface area (Å²) in [6, 6.07) is 7.77. The van der Waals surface area contributed by atoms with E-state index in [0.29, 0.717) is 29.7 Å². The lowest BCUT2D eigenvalue weighted by Crippen LogP contribution is -2.33. The number of aromatic carboxylic acids is 1. The van der Waals surface area contributed by atoms with Crippen LogP contribution in [0.15, 0.2) is 42.7 Å². The van der Waals surface area contributed by atoms with E-state index in [1.807, 2.05) is 0 Å². The molecule has 0 bridgehead atoms. The number of halogens is 2. The van der Waals surface area contributed by atoms with Crippen molar-refractivity contribution < 1.29 is 33.4 Å². The molecule has 0 fully saturated rings. The van der Waals surface area contributed by atoms with E-state index in [2.05, 4.69) is 15.3 Å². The molecule has 3 aromatic rings. The number of hydrogen-bond acceptors (Lipinski definition) is 6. The number of carboxylic acids is 2. The van der Waals surface area contributed by atoms with Crippen LogP contribution in [0.2, 0.25) is 0 Å². The number of nitrogens with one attached hydrogen (secondary N) is 1. The molecule has 1 amide bonds. The van der Waals surface area contributed by atoms with Crippen LogP contribution >= 0.6 is 0 Å². The molecule has 1 heterocycles. The van der Waals surface area contributed by atoms with Crippen LogP contribution in [0.4, 0.5) is 8.78 Å². The standard InChI is InChI=1S/C26H24F2N4O5/c1-14-17-5-7-23(19(17)4-3-18(14)26(36)37)32(12-24(33)34)11-16-9-22(31-13-30-16)25(35)29-10-15-2-6-20(27)21(28)8-15/h2-4,6,8-9,13,23H,5,7,10-12H2,1H3,(H,29,35)(H,33,34)(H,36,37)/t23-/m0/s1. The lowest BCUT2D eigenvalue weighted by Gasteiger charge is -2.28. The maximum absolute atomic E-state index is 13.4. The summed E-state index contributed by atoms with van der Waals surface area (Å²) in [4.78, 5) is 45.6. The summed E-state index contributed by atoms with van der Waals surface area (Å²) >= 11 is 0. The third-order valence-electron chi connectivity index (χ3n) is 6.43. The first-order chi connectivity index (χ1) is 17.6. The topological polar surface area (TPSA) is 133 Å². The number of rotatable bonds is 9. The molecular weight excluding hydrogens is 486 g/mol. The number of nitrogens with zero attached hydrogens (tertiary/aromatic N) is 3. The van der Waals surface area contributed by atoms with Gasteiger partial charge in [0.1, 0.15) is 12.0 Å². The van der Waals surface area contributed by atoms with Crippen LogP contribution in [0.3, 0.4) is 0 Å². The molecule has 2 aromatic carbocycles. The Bertz CT molecular complexity index is 1380. The molecule has 0 unspecified atom stereocenters. The number of carbonyl (C=O) groups excluding carboxylic acids is 1. The van der Waals surface area contributed by atoms with E-state index in [-0.39, 0.29) is 36.9 Å². The van der Waals surface area contributed by atoms with Crippen LogP contribution in [-0.2, 0) is 24.3 Å². The number of benzene rings is 2. The Kier molecular flexibility index (Phi) is 7.53. The molecule has 11 heteroatoms. The molecule has 1 aliphatic rings. The fourth-order valence-corrected chi connectivity index (χ4v) is 4.66. The van der Waals surface area contributed by atoms with Crippen LogP contribution in [0.5, 0.6) is 0 Å². The molecule has 0 saturated heterocycles. The maximum atomic E-state index is 13.4. The number of carboxylic acid groups (broad SMARTS) is 2. The summed E-state index contributed by atoms with van der Waals surface area (Å²) in [5, 5.41) is 21.5. The van der Waals surface area contributed by atoms with Gasteiger partial charge in [-0.3, -0.25) is 14.5 Å². The first-order valence-electron chi connectivity index (χ1n) is 11.5. The van der Waals surface area contributed by atoms with Gasteiger partial charge in [0.15, 0.2) is 11.6 Å². The van der Waals surface area contributed by atoms with Gasteiger partial charge in [-0.1, -0.05) is 12.1 Å². The average Bonchev–Trinajstić information content (AvgIpc) is 3.29. The largest absolute Gasteiger partial charge is 0.480 e. The van der Waals surface area contributed by atoms with E-state index >= 15 is 0 Å². The van der Waals surface area contributed by atoms with Crippen molar-refractivity contribution in [3.63, 3.8) is 0 Å².